The topological polar surface area (TPSA) is 73.9 Å². The number of hydrogen-bond donors (Lipinski definition) is 2. The Morgan fingerprint density at radius 1 is 1.29 bits per heavy atom. The van der Waals surface area contributed by atoms with Crippen molar-refractivity contribution in [3.63, 3.8) is 0 Å². The van der Waals surface area contributed by atoms with Gasteiger partial charge in [-0.25, -0.2) is 4.98 Å². The normalized spacial score (nSPS) is 18.7. The number of anilines is 1. The number of rotatable bonds is 2. The first-order valence-corrected chi connectivity index (χ1v) is 7.50. The third-order valence-corrected chi connectivity index (χ3v) is 4.03. The van der Waals surface area contributed by atoms with Gasteiger partial charge in [0.1, 0.15) is 16.9 Å². The lowest BCUT2D eigenvalue weighted by Crippen LogP contribution is -2.58. The summed E-state index contributed by atoms with van der Waals surface area (Å²) in [5.74, 6) is -0.0303. The van der Waals surface area contributed by atoms with Gasteiger partial charge in [-0.2, -0.15) is 13.2 Å². The van der Waals surface area contributed by atoms with Crippen molar-refractivity contribution in [2.75, 3.05) is 24.5 Å². The van der Waals surface area contributed by atoms with E-state index in [1.54, 1.807) is 12.1 Å². The molecule has 0 aliphatic carbocycles. The van der Waals surface area contributed by atoms with Gasteiger partial charge in [0.25, 0.3) is 5.56 Å². The molecule has 0 bridgehead atoms. The predicted molar refractivity (Wildman–Crippen MR) is 83.2 cm³/mol. The lowest BCUT2D eigenvalue weighted by atomic mass is 10.2. The minimum Gasteiger partial charge on any atom is -0.341 e. The Morgan fingerprint density at radius 3 is 2.67 bits per heavy atom. The standard InChI is InChI=1S/C14H13ClF3N5O/c15-10-12(23-6-5-20-7-9(23)14(16,17)18)21-11(22-13(10)24)8-1-3-19-4-2-8/h1-4,9,20H,5-7H2,(H,21,22,24). The van der Waals surface area contributed by atoms with Crippen LogP contribution in [0.1, 0.15) is 0 Å². The molecule has 2 aromatic rings. The van der Waals surface area contributed by atoms with Crippen LogP contribution in [0.3, 0.4) is 0 Å². The van der Waals surface area contributed by atoms with Crippen molar-refractivity contribution in [1.29, 1.82) is 0 Å². The van der Waals surface area contributed by atoms with E-state index in [1.807, 2.05) is 0 Å². The van der Waals surface area contributed by atoms with E-state index in [2.05, 4.69) is 20.3 Å². The average molecular weight is 360 g/mol. The predicted octanol–water partition coefficient (Wildman–Crippen LogP) is 1.83. The maximum Gasteiger partial charge on any atom is 0.410 e. The van der Waals surface area contributed by atoms with Crippen LogP contribution in [0.25, 0.3) is 11.4 Å². The number of aromatic amines is 1. The fourth-order valence-electron chi connectivity index (χ4n) is 2.53. The van der Waals surface area contributed by atoms with Crippen molar-refractivity contribution in [2.24, 2.45) is 0 Å². The van der Waals surface area contributed by atoms with Gasteiger partial charge in [-0.05, 0) is 12.1 Å². The third kappa shape index (κ3) is 3.22. The average Bonchev–Trinajstić information content (AvgIpc) is 2.57. The summed E-state index contributed by atoms with van der Waals surface area (Å²) >= 11 is 5.95. The summed E-state index contributed by atoms with van der Waals surface area (Å²) in [5, 5.41) is 2.34. The first-order chi connectivity index (χ1) is 11.4. The summed E-state index contributed by atoms with van der Waals surface area (Å²) in [7, 11) is 0. The first kappa shape index (κ1) is 16.7. The Hall–Kier alpha value is -2.13. The van der Waals surface area contributed by atoms with Crippen molar-refractivity contribution in [2.45, 2.75) is 12.2 Å². The number of hydrogen-bond acceptors (Lipinski definition) is 5. The summed E-state index contributed by atoms with van der Waals surface area (Å²) < 4.78 is 39.9. The van der Waals surface area contributed by atoms with Crippen LogP contribution in [-0.2, 0) is 0 Å². The zero-order chi connectivity index (χ0) is 17.3. The molecule has 0 aromatic carbocycles. The van der Waals surface area contributed by atoms with Crippen molar-refractivity contribution in [1.82, 2.24) is 20.3 Å². The number of piperazine rings is 1. The lowest BCUT2D eigenvalue weighted by Gasteiger charge is -2.38. The van der Waals surface area contributed by atoms with Gasteiger partial charge in [-0.15, -0.1) is 0 Å². The van der Waals surface area contributed by atoms with Crippen molar-refractivity contribution in [3.8, 4) is 11.4 Å². The quantitative estimate of drug-likeness (QED) is 0.855. The van der Waals surface area contributed by atoms with E-state index in [-0.39, 0.29) is 29.8 Å². The molecule has 1 aliphatic rings. The van der Waals surface area contributed by atoms with Gasteiger partial charge in [0.05, 0.1) is 0 Å². The zero-order valence-corrected chi connectivity index (χ0v) is 13.0. The fourth-order valence-corrected chi connectivity index (χ4v) is 2.73. The minimum absolute atomic E-state index is 0.0378. The van der Waals surface area contributed by atoms with Crippen LogP contribution in [0.15, 0.2) is 29.3 Å². The molecule has 1 atom stereocenters. The highest BCUT2D eigenvalue weighted by Crippen LogP contribution is 2.32. The molecule has 10 heteroatoms. The molecule has 1 saturated heterocycles. The molecule has 1 aliphatic heterocycles. The second-order valence-corrected chi connectivity index (χ2v) is 5.62. The third-order valence-electron chi connectivity index (χ3n) is 3.69. The van der Waals surface area contributed by atoms with Crippen LogP contribution in [0.4, 0.5) is 19.0 Å². The van der Waals surface area contributed by atoms with Gasteiger partial charge in [0, 0.05) is 37.6 Å². The Balaban J connectivity index is 2.09. The number of nitrogens with zero attached hydrogens (tertiary/aromatic N) is 3. The van der Waals surface area contributed by atoms with Crippen LogP contribution in [0.5, 0.6) is 0 Å². The molecule has 1 fully saturated rings. The zero-order valence-electron chi connectivity index (χ0n) is 12.3. The second-order valence-electron chi connectivity index (χ2n) is 5.24. The van der Waals surface area contributed by atoms with Crippen LogP contribution in [0, 0.1) is 0 Å². The molecule has 1 unspecified atom stereocenters. The van der Waals surface area contributed by atoms with Crippen molar-refractivity contribution < 1.29 is 13.2 Å². The lowest BCUT2D eigenvalue weighted by molar-refractivity contribution is -0.149. The molecule has 3 heterocycles. The molecular formula is C14H13ClF3N5O. The van der Waals surface area contributed by atoms with Gasteiger partial charge in [0.2, 0.25) is 0 Å². The smallest absolute Gasteiger partial charge is 0.341 e. The molecule has 2 aromatic heterocycles. The molecule has 6 nitrogen and oxygen atoms in total. The van der Waals surface area contributed by atoms with Crippen LogP contribution < -0.4 is 15.8 Å². The van der Waals surface area contributed by atoms with Gasteiger partial charge < -0.3 is 15.2 Å². The summed E-state index contributed by atoms with van der Waals surface area (Å²) in [4.78, 5) is 23.6. The van der Waals surface area contributed by atoms with Gasteiger partial charge >= 0.3 is 6.18 Å². The van der Waals surface area contributed by atoms with Crippen LogP contribution >= 0.6 is 11.6 Å². The molecule has 0 saturated carbocycles. The number of alkyl halides is 3. The molecule has 0 amide bonds. The summed E-state index contributed by atoms with van der Waals surface area (Å²) in [6, 6.07) is 1.38. The number of nitrogens with one attached hydrogen (secondary N) is 2. The Morgan fingerprint density at radius 2 is 2.00 bits per heavy atom. The van der Waals surface area contributed by atoms with Gasteiger partial charge in [-0.3, -0.25) is 9.78 Å². The minimum atomic E-state index is -4.47. The Labute approximate surface area is 139 Å². The highest BCUT2D eigenvalue weighted by Gasteiger charge is 2.46. The molecule has 0 spiro atoms. The first-order valence-electron chi connectivity index (χ1n) is 7.12. The fraction of sp³-hybridized carbons (Fsp3) is 0.357. The summed E-state index contributed by atoms with van der Waals surface area (Å²) in [6.07, 6.45) is -1.49. The van der Waals surface area contributed by atoms with E-state index in [1.165, 1.54) is 12.4 Å². The maximum atomic E-state index is 13.3. The number of aromatic nitrogens is 3. The van der Waals surface area contributed by atoms with E-state index >= 15 is 0 Å². The monoisotopic (exact) mass is 359 g/mol. The summed E-state index contributed by atoms with van der Waals surface area (Å²) in [5.41, 5.74) is -0.161. The van der Waals surface area contributed by atoms with Gasteiger partial charge in [-0.1, -0.05) is 11.6 Å². The Bertz CT molecular complexity index is 780. The number of pyridine rings is 1. The van der Waals surface area contributed by atoms with Crippen molar-refractivity contribution >= 4 is 17.4 Å². The highest BCUT2D eigenvalue weighted by molar-refractivity contribution is 6.32. The van der Waals surface area contributed by atoms with E-state index in [0.29, 0.717) is 12.1 Å². The highest BCUT2D eigenvalue weighted by atomic mass is 35.5. The van der Waals surface area contributed by atoms with Crippen LogP contribution in [-0.4, -0.2) is 46.8 Å². The molecule has 2 N–H and O–H groups in total. The molecule has 24 heavy (non-hydrogen) atoms. The number of H-pyrrole nitrogens is 1. The molecule has 0 radical (unpaired) electrons. The summed E-state index contributed by atoms with van der Waals surface area (Å²) in [6.45, 7) is 0.0804. The maximum absolute atomic E-state index is 13.3. The largest absolute Gasteiger partial charge is 0.410 e. The van der Waals surface area contributed by atoms with Gasteiger partial charge in [0.15, 0.2) is 5.82 Å². The molecular weight excluding hydrogens is 347 g/mol. The second kappa shape index (κ2) is 6.40. The van der Waals surface area contributed by atoms with E-state index in [9.17, 15) is 18.0 Å². The Kier molecular flexibility index (Phi) is 4.46. The SMILES string of the molecule is O=c1[nH]c(-c2ccncc2)nc(N2CCNCC2C(F)(F)F)c1Cl. The molecule has 128 valence electrons. The molecule has 3 rings (SSSR count). The van der Waals surface area contributed by atoms with Crippen LogP contribution in [0.2, 0.25) is 5.02 Å². The van der Waals surface area contributed by atoms with E-state index in [0.717, 1.165) is 4.90 Å². The van der Waals surface area contributed by atoms with E-state index in [4.69, 9.17) is 11.6 Å². The number of halogens is 4. The van der Waals surface area contributed by atoms with E-state index < -0.39 is 17.8 Å². The van der Waals surface area contributed by atoms with Crippen molar-refractivity contribution in [3.05, 3.63) is 39.9 Å².